The Morgan fingerprint density at radius 3 is 2.65 bits per heavy atom. The molecular weight excluding hydrogens is 262 g/mol. The smallest absolute Gasteiger partial charge is 0.133 e. The van der Waals surface area contributed by atoms with Gasteiger partial charge in [-0.15, -0.1) is 0 Å². The second kappa shape index (κ2) is 7.11. The second-order valence-electron chi connectivity index (χ2n) is 5.26. The van der Waals surface area contributed by atoms with Gasteiger partial charge in [0.1, 0.15) is 11.6 Å². The van der Waals surface area contributed by atoms with Crippen LogP contribution in [0.15, 0.2) is 12.1 Å². The van der Waals surface area contributed by atoms with Gasteiger partial charge in [0.2, 0.25) is 0 Å². The standard InChI is InChI=1S/C15H22F2N2O/c1-11-4-5-12(16)14(15(11)17)13(3-2-10-20)19-8-6-18-7-9-19/h4-5,13,18,20H,2-3,6-10H2,1H3/t13-/m1/s1. The lowest BCUT2D eigenvalue weighted by Crippen LogP contribution is -2.45. The van der Waals surface area contributed by atoms with Gasteiger partial charge in [-0.3, -0.25) is 4.90 Å². The fourth-order valence-electron chi connectivity index (χ4n) is 2.77. The molecule has 1 aliphatic heterocycles. The van der Waals surface area contributed by atoms with Crippen molar-refractivity contribution in [3.63, 3.8) is 0 Å². The summed E-state index contributed by atoms with van der Waals surface area (Å²) in [7, 11) is 0. The molecule has 0 bridgehead atoms. The number of halogens is 2. The maximum absolute atomic E-state index is 14.4. The molecule has 0 aromatic heterocycles. The molecule has 0 amide bonds. The summed E-state index contributed by atoms with van der Waals surface area (Å²) in [5, 5.41) is 12.3. The first-order valence-corrected chi connectivity index (χ1v) is 7.15. The minimum Gasteiger partial charge on any atom is -0.396 e. The molecule has 5 heteroatoms. The van der Waals surface area contributed by atoms with Crippen molar-refractivity contribution in [1.29, 1.82) is 0 Å². The van der Waals surface area contributed by atoms with Gasteiger partial charge in [-0.05, 0) is 31.4 Å². The van der Waals surface area contributed by atoms with Crippen molar-refractivity contribution >= 4 is 0 Å². The summed E-state index contributed by atoms with van der Waals surface area (Å²) in [5.41, 5.74) is 0.617. The number of nitrogens with one attached hydrogen (secondary N) is 1. The summed E-state index contributed by atoms with van der Waals surface area (Å²) in [4.78, 5) is 2.10. The van der Waals surface area contributed by atoms with E-state index in [-0.39, 0.29) is 18.2 Å². The van der Waals surface area contributed by atoms with Crippen molar-refractivity contribution in [3.05, 3.63) is 34.9 Å². The first kappa shape index (κ1) is 15.4. The molecule has 2 rings (SSSR count). The summed E-state index contributed by atoms with van der Waals surface area (Å²) < 4.78 is 28.5. The lowest BCUT2D eigenvalue weighted by atomic mass is 9.96. The molecule has 1 fully saturated rings. The van der Waals surface area contributed by atoms with Crippen LogP contribution in [-0.4, -0.2) is 42.8 Å². The van der Waals surface area contributed by atoms with E-state index in [2.05, 4.69) is 10.2 Å². The Kier molecular flexibility index (Phi) is 5.46. The van der Waals surface area contributed by atoms with E-state index < -0.39 is 11.6 Å². The minimum absolute atomic E-state index is 0.0393. The predicted molar refractivity (Wildman–Crippen MR) is 74.6 cm³/mol. The Morgan fingerprint density at radius 2 is 2.00 bits per heavy atom. The van der Waals surface area contributed by atoms with Gasteiger partial charge in [0.15, 0.2) is 0 Å². The van der Waals surface area contributed by atoms with Gasteiger partial charge in [-0.1, -0.05) is 6.07 Å². The molecule has 1 aromatic carbocycles. The van der Waals surface area contributed by atoms with Crippen LogP contribution in [0.5, 0.6) is 0 Å². The fraction of sp³-hybridized carbons (Fsp3) is 0.600. The summed E-state index contributed by atoms with van der Waals surface area (Å²) >= 11 is 0. The van der Waals surface area contributed by atoms with Crippen LogP contribution in [0.25, 0.3) is 0 Å². The number of aryl methyl sites for hydroxylation is 1. The Hall–Kier alpha value is -1.04. The molecule has 3 nitrogen and oxygen atoms in total. The molecule has 1 heterocycles. The molecule has 0 radical (unpaired) electrons. The highest BCUT2D eigenvalue weighted by atomic mass is 19.1. The molecule has 1 atom stereocenters. The van der Waals surface area contributed by atoms with Gasteiger partial charge >= 0.3 is 0 Å². The first-order chi connectivity index (χ1) is 9.65. The van der Waals surface area contributed by atoms with E-state index in [9.17, 15) is 8.78 Å². The zero-order valence-electron chi connectivity index (χ0n) is 11.8. The molecular formula is C15H22F2N2O. The second-order valence-corrected chi connectivity index (χ2v) is 5.26. The normalized spacial score (nSPS) is 18.2. The Labute approximate surface area is 118 Å². The zero-order valence-corrected chi connectivity index (χ0v) is 11.8. The number of hydrogen-bond acceptors (Lipinski definition) is 3. The highest BCUT2D eigenvalue weighted by Crippen LogP contribution is 2.31. The summed E-state index contributed by atoms with van der Waals surface area (Å²) in [6.07, 6.45) is 1.11. The van der Waals surface area contributed by atoms with Crippen LogP contribution in [0.4, 0.5) is 8.78 Å². The number of aliphatic hydroxyl groups excluding tert-OH is 1. The van der Waals surface area contributed by atoms with E-state index in [4.69, 9.17) is 5.11 Å². The predicted octanol–water partition coefficient (Wildman–Crippen LogP) is 1.99. The highest BCUT2D eigenvalue weighted by molar-refractivity contribution is 5.29. The minimum atomic E-state index is -0.491. The molecule has 1 aliphatic rings. The molecule has 112 valence electrons. The van der Waals surface area contributed by atoms with Crippen molar-refractivity contribution in [1.82, 2.24) is 10.2 Å². The fourth-order valence-corrected chi connectivity index (χ4v) is 2.77. The van der Waals surface area contributed by atoms with Crippen LogP contribution >= 0.6 is 0 Å². The zero-order chi connectivity index (χ0) is 14.5. The molecule has 0 aliphatic carbocycles. The highest BCUT2D eigenvalue weighted by Gasteiger charge is 2.27. The van der Waals surface area contributed by atoms with Crippen LogP contribution in [0.1, 0.15) is 30.0 Å². The molecule has 1 aromatic rings. The summed E-state index contributed by atoms with van der Waals surface area (Å²) in [6.45, 7) is 4.87. The summed E-state index contributed by atoms with van der Waals surface area (Å²) in [5.74, 6) is -0.943. The quantitative estimate of drug-likeness (QED) is 0.868. The van der Waals surface area contributed by atoms with Crippen LogP contribution < -0.4 is 5.32 Å². The number of nitrogens with zero attached hydrogens (tertiary/aromatic N) is 1. The van der Waals surface area contributed by atoms with Gasteiger partial charge in [0, 0.05) is 44.4 Å². The molecule has 20 heavy (non-hydrogen) atoms. The van der Waals surface area contributed by atoms with Gasteiger partial charge in [0.05, 0.1) is 0 Å². The van der Waals surface area contributed by atoms with E-state index in [0.29, 0.717) is 18.4 Å². The number of hydrogen-bond donors (Lipinski definition) is 2. The van der Waals surface area contributed by atoms with E-state index in [0.717, 1.165) is 26.2 Å². The SMILES string of the molecule is Cc1ccc(F)c([C@@H](CCCO)N2CCNCC2)c1F. The summed E-state index contributed by atoms with van der Waals surface area (Å²) in [6, 6.07) is 2.50. The maximum atomic E-state index is 14.4. The Bertz CT molecular complexity index is 448. The number of piperazine rings is 1. The number of rotatable bonds is 5. The molecule has 0 saturated carbocycles. The molecule has 0 spiro atoms. The number of aliphatic hydroxyl groups is 1. The third kappa shape index (κ3) is 3.34. The van der Waals surface area contributed by atoms with Crippen molar-refractivity contribution in [2.75, 3.05) is 32.8 Å². The van der Waals surface area contributed by atoms with Gasteiger partial charge in [0.25, 0.3) is 0 Å². The monoisotopic (exact) mass is 284 g/mol. The van der Waals surface area contributed by atoms with Crippen LogP contribution in [-0.2, 0) is 0 Å². The average Bonchev–Trinajstić information content (AvgIpc) is 2.47. The van der Waals surface area contributed by atoms with Crippen LogP contribution in [0, 0.1) is 18.6 Å². The Balaban J connectivity index is 2.32. The first-order valence-electron chi connectivity index (χ1n) is 7.15. The van der Waals surface area contributed by atoms with Gasteiger partial charge in [-0.25, -0.2) is 8.78 Å². The van der Waals surface area contributed by atoms with Crippen molar-refractivity contribution < 1.29 is 13.9 Å². The topological polar surface area (TPSA) is 35.5 Å². The van der Waals surface area contributed by atoms with E-state index in [1.54, 1.807) is 6.92 Å². The largest absolute Gasteiger partial charge is 0.396 e. The van der Waals surface area contributed by atoms with E-state index >= 15 is 0 Å². The van der Waals surface area contributed by atoms with Crippen LogP contribution in [0.3, 0.4) is 0 Å². The van der Waals surface area contributed by atoms with Crippen molar-refractivity contribution in [2.45, 2.75) is 25.8 Å². The molecule has 2 N–H and O–H groups in total. The lowest BCUT2D eigenvalue weighted by Gasteiger charge is -2.35. The molecule has 0 unspecified atom stereocenters. The van der Waals surface area contributed by atoms with Crippen LogP contribution in [0.2, 0.25) is 0 Å². The molecule has 1 saturated heterocycles. The van der Waals surface area contributed by atoms with E-state index in [1.807, 2.05) is 0 Å². The lowest BCUT2D eigenvalue weighted by molar-refractivity contribution is 0.148. The maximum Gasteiger partial charge on any atom is 0.133 e. The third-order valence-electron chi connectivity index (χ3n) is 3.88. The van der Waals surface area contributed by atoms with Gasteiger partial charge < -0.3 is 10.4 Å². The Morgan fingerprint density at radius 1 is 1.30 bits per heavy atom. The van der Waals surface area contributed by atoms with Crippen molar-refractivity contribution in [2.24, 2.45) is 0 Å². The van der Waals surface area contributed by atoms with E-state index in [1.165, 1.54) is 12.1 Å². The third-order valence-corrected chi connectivity index (χ3v) is 3.88. The van der Waals surface area contributed by atoms with Gasteiger partial charge in [-0.2, -0.15) is 0 Å². The number of benzene rings is 1. The van der Waals surface area contributed by atoms with Crippen molar-refractivity contribution in [3.8, 4) is 0 Å². The average molecular weight is 284 g/mol.